The molecule has 0 spiro atoms. The van der Waals surface area contributed by atoms with Crippen molar-refractivity contribution in [3.63, 3.8) is 0 Å². The molecule has 4 rings (SSSR count). The van der Waals surface area contributed by atoms with E-state index in [0.717, 1.165) is 0 Å². The number of likely N-dealkylation sites (N-methyl/N-ethyl adjacent to an activating group) is 1. The van der Waals surface area contributed by atoms with E-state index in [-0.39, 0.29) is 24.7 Å². The van der Waals surface area contributed by atoms with Crippen LogP contribution in [0.4, 0.5) is 36.7 Å². The Kier molecular flexibility index (Phi) is 14.0. The second-order valence-electron chi connectivity index (χ2n) is 11.6. The van der Waals surface area contributed by atoms with Crippen LogP contribution in [0.3, 0.4) is 0 Å². The summed E-state index contributed by atoms with van der Waals surface area (Å²) >= 11 is 0. The summed E-state index contributed by atoms with van der Waals surface area (Å²) in [6.45, 7) is 4.51. The lowest BCUT2D eigenvalue weighted by atomic mass is 10.2. The summed E-state index contributed by atoms with van der Waals surface area (Å²) in [6, 6.07) is 5.77. The summed E-state index contributed by atoms with van der Waals surface area (Å²) in [5.74, 6) is 1.14. The third-order valence-corrected chi connectivity index (χ3v) is 7.98. The quantitative estimate of drug-likeness (QED) is 0.181. The van der Waals surface area contributed by atoms with Crippen molar-refractivity contribution in [1.29, 1.82) is 0 Å². The molecule has 0 N–H and O–H groups in total. The van der Waals surface area contributed by atoms with E-state index in [1.54, 1.807) is 58.4 Å². The second-order valence-corrected chi connectivity index (χ2v) is 11.6. The van der Waals surface area contributed by atoms with Crippen LogP contribution in [0.25, 0.3) is 11.0 Å². The van der Waals surface area contributed by atoms with Gasteiger partial charge in [0.05, 0.1) is 33.0 Å². The zero-order valence-electron chi connectivity index (χ0n) is 29.4. The highest BCUT2D eigenvalue weighted by molar-refractivity contribution is 5.96. The summed E-state index contributed by atoms with van der Waals surface area (Å²) in [5.41, 5.74) is 1.34. The molecule has 1 aliphatic heterocycles. The monoisotopic (exact) mass is 709 g/mol. The van der Waals surface area contributed by atoms with E-state index in [9.17, 15) is 18.0 Å². The molecule has 15 nitrogen and oxygen atoms in total. The van der Waals surface area contributed by atoms with Gasteiger partial charge in [0.25, 0.3) is 0 Å². The number of hydrogen-bond donors (Lipinski definition) is 0. The normalized spacial score (nSPS) is 13.7. The minimum Gasteiger partial charge on any atom is -0.406 e. The molecule has 1 amide bonds. The van der Waals surface area contributed by atoms with E-state index in [0.29, 0.717) is 106 Å². The van der Waals surface area contributed by atoms with Crippen molar-refractivity contribution in [2.24, 2.45) is 0 Å². The van der Waals surface area contributed by atoms with Crippen LogP contribution in [-0.2, 0) is 30.3 Å². The number of methoxy groups -OCH3 is 4. The van der Waals surface area contributed by atoms with Crippen LogP contribution in [0, 0.1) is 0 Å². The Bertz CT molecular complexity index is 1540. The predicted octanol–water partition coefficient (Wildman–Crippen LogP) is 2.43. The first-order chi connectivity index (χ1) is 24.0. The average Bonchev–Trinajstić information content (AvgIpc) is 3.08. The van der Waals surface area contributed by atoms with E-state index in [4.69, 9.17) is 38.9 Å². The van der Waals surface area contributed by atoms with Crippen LogP contribution in [0.2, 0.25) is 0 Å². The summed E-state index contributed by atoms with van der Waals surface area (Å²) < 4.78 is 64.8. The average molecular weight is 710 g/mol. The van der Waals surface area contributed by atoms with Crippen LogP contribution in [-0.4, -0.2) is 152 Å². The topological polar surface area (TPSA) is 131 Å². The summed E-state index contributed by atoms with van der Waals surface area (Å²) in [7, 11) is 9.93. The lowest BCUT2D eigenvalue weighted by Gasteiger charge is -2.34. The number of carbonyl (C=O) groups excluding carboxylic acids is 1. The number of amides is 1. The minimum atomic E-state index is -4.83. The van der Waals surface area contributed by atoms with Gasteiger partial charge < -0.3 is 48.2 Å². The van der Waals surface area contributed by atoms with Gasteiger partial charge in [-0.15, -0.1) is 13.2 Å². The zero-order valence-corrected chi connectivity index (χ0v) is 29.4. The Balaban J connectivity index is 1.94. The molecular weight excluding hydrogens is 663 g/mol. The van der Waals surface area contributed by atoms with E-state index in [2.05, 4.69) is 4.74 Å². The molecule has 276 valence electrons. The van der Waals surface area contributed by atoms with Crippen molar-refractivity contribution < 1.29 is 41.7 Å². The molecule has 0 aliphatic carbocycles. The number of aromatic nitrogens is 4. The van der Waals surface area contributed by atoms with E-state index >= 15 is 0 Å². The second kappa shape index (κ2) is 18.1. The van der Waals surface area contributed by atoms with E-state index in [1.807, 2.05) is 14.7 Å². The predicted molar refractivity (Wildman–Crippen MR) is 182 cm³/mol. The maximum Gasteiger partial charge on any atom is 0.573 e. The molecule has 1 saturated heterocycles. The zero-order chi connectivity index (χ0) is 36.3. The molecule has 2 aromatic heterocycles. The number of ether oxygens (including phenoxy) is 5. The van der Waals surface area contributed by atoms with Crippen LogP contribution in [0.15, 0.2) is 24.3 Å². The van der Waals surface area contributed by atoms with Gasteiger partial charge in [0, 0.05) is 88.3 Å². The van der Waals surface area contributed by atoms with E-state index < -0.39 is 6.36 Å². The molecule has 0 saturated carbocycles. The van der Waals surface area contributed by atoms with Crippen molar-refractivity contribution in [3.8, 4) is 5.75 Å². The van der Waals surface area contributed by atoms with Gasteiger partial charge in [-0.2, -0.15) is 9.97 Å². The van der Waals surface area contributed by atoms with Crippen molar-refractivity contribution in [3.05, 3.63) is 29.8 Å². The molecular formula is C32H46F3N9O6. The Morgan fingerprint density at radius 1 is 0.800 bits per heavy atom. The number of fused-ring (bicyclic) bond motifs is 1. The number of halogens is 3. The van der Waals surface area contributed by atoms with Gasteiger partial charge >= 0.3 is 6.36 Å². The first kappa shape index (κ1) is 38.5. The van der Waals surface area contributed by atoms with Gasteiger partial charge in [0.15, 0.2) is 11.6 Å². The minimum absolute atomic E-state index is 0.0745. The number of nitrogens with zero attached hydrogens (tertiary/aromatic N) is 9. The van der Waals surface area contributed by atoms with Gasteiger partial charge in [-0.1, -0.05) is 12.1 Å². The Morgan fingerprint density at radius 2 is 1.36 bits per heavy atom. The van der Waals surface area contributed by atoms with Crippen LogP contribution >= 0.6 is 0 Å². The SMILES string of the molecule is COCCN(CCOC)c1nc(N2CCN(C)C(=O)C2)c2nc(N(CCOC)CCOC)nc(N(C)Cc3cccc(OC(F)(F)F)c3)c2n1. The molecule has 3 heterocycles. The van der Waals surface area contributed by atoms with Gasteiger partial charge in [-0.25, -0.2) is 9.97 Å². The van der Waals surface area contributed by atoms with Gasteiger partial charge in [0.1, 0.15) is 16.8 Å². The Hall–Kier alpha value is -4.26. The molecule has 50 heavy (non-hydrogen) atoms. The molecule has 0 unspecified atom stereocenters. The van der Waals surface area contributed by atoms with Crippen LogP contribution in [0.1, 0.15) is 5.56 Å². The van der Waals surface area contributed by atoms with E-state index in [1.165, 1.54) is 18.2 Å². The van der Waals surface area contributed by atoms with Gasteiger partial charge in [0.2, 0.25) is 17.8 Å². The Labute approximate surface area is 289 Å². The summed E-state index contributed by atoms with van der Waals surface area (Å²) in [6.07, 6.45) is -4.83. The standard InChI is InChI=1S/C32H46F3N9O6/c1-40-10-11-44(22-25(40)45)29-27-26(36-31(39-29)43(14-18-48-5)15-19-49-6)28(38-30(37-27)42(12-16-46-3)13-17-47-4)41(2)21-23-8-7-9-24(20-23)50-32(33,34)35/h7-9,20H,10-19,21-22H2,1-6H3. The number of anilines is 4. The van der Waals surface area contributed by atoms with Crippen molar-refractivity contribution in [2.45, 2.75) is 12.9 Å². The number of benzene rings is 1. The molecule has 0 radical (unpaired) electrons. The fraction of sp³-hybridized carbons (Fsp3) is 0.594. The van der Waals surface area contributed by atoms with Gasteiger partial charge in [-0.3, -0.25) is 4.79 Å². The maximum atomic E-state index is 13.0. The Morgan fingerprint density at radius 3 is 1.90 bits per heavy atom. The number of carbonyl (C=O) groups is 1. The highest BCUT2D eigenvalue weighted by atomic mass is 19.4. The molecule has 0 atom stereocenters. The number of alkyl halides is 3. The highest BCUT2D eigenvalue weighted by Gasteiger charge is 2.32. The fourth-order valence-electron chi connectivity index (χ4n) is 5.29. The first-order valence-corrected chi connectivity index (χ1v) is 16.1. The van der Waals surface area contributed by atoms with Crippen molar-refractivity contribution in [2.75, 3.05) is 134 Å². The lowest BCUT2D eigenvalue weighted by Crippen LogP contribution is -2.49. The third kappa shape index (κ3) is 10.4. The molecule has 1 aromatic carbocycles. The third-order valence-electron chi connectivity index (χ3n) is 7.98. The summed E-state index contributed by atoms with van der Waals surface area (Å²) in [4.78, 5) is 42.1. The number of piperazine rings is 1. The number of hydrogen-bond acceptors (Lipinski definition) is 14. The maximum absolute atomic E-state index is 13.0. The molecule has 0 bridgehead atoms. The smallest absolute Gasteiger partial charge is 0.406 e. The fourth-order valence-corrected chi connectivity index (χ4v) is 5.29. The van der Waals surface area contributed by atoms with Crippen molar-refractivity contribution in [1.82, 2.24) is 24.8 Å². The lowest BCUT2D eigenvalue weighted by molar-refractivity contribution is -0.274. The summed E-state index contributed by atoms with van der Waals surface area (Å²) in [5, 5.41) is 0. The molecule has 3 aromatic rings. The van der Waals surface area contributed by atoms with Crippen LogP contribution < -0.4 is 24.3 Å². The first-order valence-electron chi connectivity index (χ1n) is 16.1. The van der Waals surface area contributed by atoms with Crippen molar-refractivity contribution >= 4 is 40.5 Å². The molecule has 1 aliphatic rings. The number of rotatable bonds is 19. The highest BCUT2D eigenvalue weighted by Crippen LogP contribution is 2.34. The molecule has 1 fully saturated rings. The van der Waals surface area contributed by atoms with Crippen LogP contribution in [0.5, 0.6) is 5.75 Å². The molecule has 18 heteroatoms. The largest absolute Gasteiger partial charge is 0.573 e. The van der Waals surface area contributed by atoms with Gasteiger partial charge in [-0.05, 0) is 17.7 Å².